The first-order chi connectivity index (χ1) is 14.8. The molecular weight excluding hydrogens is 394 g/mol. The molecule has 1 fully saturated rings. The summed E-state index contributed by atoms with van der Waals surface area (Å²) in [6, 6.07) is 8.47. The van der Waals surface area contributed by atoms with Crippen molar-refractivity contribution < 1.29 is 18.8 Å². The van der Waals surface area contributed by atoms with Crippen molar-refractivity contribution >= 4 is 28.6 Å². The molecule has 0 spiro atoms. The van der Waals surface area contributed by atoms with Crippen LogP contribution in [0.4, 0.5) is 0 Å². The number of para-hydroxylation sites is 1. The number of benzene rings is 1. The van der Waals surface area contributed by atoms with Crippen molar-refractivity contribution in [2.45, 2.75) is 53.0 Å². The topological polar surface area (TPSA) is 91.7 Å². The van der Waals surface area contributed by atoms with Crippen molar-refractivity contribution in [2.24, 2.45) is 5.92 Å². The Balaban J connectivity index is 0.000000785. The Labute approximate surface area is 184 Å². The van der Waals surface area contributed by atoms with Crippen LogP contribution in [0.25, 0.3) is 11.0 Å². The number of furan rings is 1. The normalized spacial score (nSPS) is 17.1. The van der Waals surface area contributed by atoms with E-state index in [1.54, 1.807) is 12.1 Å². The van der Waals surface area contributed by atoms with Crippen LogP contribution in [-0.4, -0.2) is 54.7 Å². The summed E-state index contributed by atoms with van der Waals surface area (Å²) in [5, 5.41) is 6.11. The van der Waals surface area contributed by atoms with Crippen molar-refractivity contribution in [2.75, 3.05) is 26.2 Å². The highest BCUT2D eigenvalue weighted by molar-refractivity contribution is 5.98. The molecule has 170 valence electrons. The van der Waals surface area contributed by atoms with Crippen LogP contribution in [0, 0.1) is 5.92 Å². The first-order valence-electron chi connectivity index (χ1n) is 11.1. The highest BCUT2D eigenvalue weighted by atomic mass is 16.3. The lowest BCUT2D eigenvalue weighted by Gasteiger charge is -2.18. The lowest BCUT2D eigenvalue weighted by Crippen LogP contribution is -2.46. The van der Waals surface area contributed by atoms with Crippen LogP contribution in [0.5, 0.6) is 0 Å². The molecule has 2 N–H and O–H groups in total. The summed E-state index contributed by atoms with van der Waals surface area (Å²) >= 11 is 0. The molecule has 2 heterocycles. The van der Waals surface area contributed by atoms with Gasteiger partial charge in [-0.05, 0) is 50.4 Å². The predicted molar refractivity (Wildman–Crippen MR) is 122 cm³/mol. The second-order valence-corrected chi connectivity index (χ2v) is 8.57. The molecule has 1 atom stereocenters. The number of rotatable bonds is 6. The van der Waals surface area contributed by atoms with Gasteiger partial charge in [-0.15, -0.1) is 0 Å². The van der Waals surface area contributed by atoms with Gasteiger partial charge in [0.2, 0.25) is 5.91 Å². The summed E-state index contributed by atoms with van der Waals surface area (Å²) in [5.74, 6) is 0.187. The highest BCUT2D eigenvalue weighted by Gasteiger charge is 2.25. The van der Waals surface area contributed by atoms with Gasteiger partial charge in [0.25, 0.3) is 5.91 Å². The van der Waals surface area contributed by atoms with E-state index in [0.29, 0.717) is 18.5 Å². The van der Waals surface area contributed by atoms with E-state index in [9.17, 15) is 14.4 Å². The Kier molecular flexibility index (Phi) is 9.72. The summed E-state index contributed by atoms with van der Waals surface area (Å²) in [6.45, 7) is 10.5. The molecule has 7 nitrogen and oxygen atoms in total. The molecule has 0 radical (unpaired) electrons. The number of hydrogen-bond acceptors (Lipinski definition) is 5. The Morgan fingerprint density at radius 3 is 2.61 bits per heavy atom. The Hall–Kier alpha value is -2.67. The van der Waals surface area contributed by atoms with Crippen molar-refractivity contribution in [3.63, 3.8) is 0 Å². The van der Waals surface area contributed by atoms with Crippen LogP contribution in [0.15, 0.2) is 34.7 Å². The number of amides is 2. The number of nitrogens with zero attached hydrogens (tertiary/aromatic N) is 1. The van der Waals surface area contributed by atoms with Crippen LogP contribution in [0.3, 0.4) is 0 Å². The standard InChI is InChI=1S/C20H25N3O4.C4H10/c1-2-9-23-10-5-7-15(16(24)13-23)22-19(25)12-21-20(26)18-11-14-6-3-4-8-17(14)27-18;1-4(2)3/h3-4,6,8,11,15H,2,5,7,9-10,12-13H2,1H3,(H,21,26)(H,22,25);4H,1-3H3/t15-;/m0./s1. The van der Waals surface area contributed by atoms with E-state index in [0.717, 1.165) is 37.2 Å². The molecule has 31 heavy (non-hydrogen) atoms. The minimum absolute atomic E-state index is 0.0258. The zero-order valence-corrected chi connectivity index (χ0v) is 19.1. The van der Waals surface area contributed by atoms with Gasteiger partial charge in [-0.1, -0.05) is 45.9 Å². The minimum atomic E-state index is -0.484. The third-order valence-corrected chi connectivity index (χ3v) is 4.67. The maximum atomic E-state index is 12.3. The smallest absolute Gasteiger partial charge is 0.287 e. The van der Waals surface area contributed by atoms with Gasteiger partial charge in [-0.25, -0.2) is 0 Å². The molecule has 0 aliphatic carbocycles. The van der Waals surface area contributed by atoms with E-state index in [-0.39, 0.29) is 24.0 Å². The van der Waals surface area contributed by atoms with Crippen molar-refractivity contribution in [3.8, 4) is 0 Å². The molecule has 0 unspecified atom stereocenters. The summed E-state index contributed by atoms with van der Waals surface area (Å²) < 4.78 is 5.48. The number of carbonyl (C=O) groups is 3. The zero-order valence-electron chi connectivity index (χ0n) is 19.1. The molecule has 1 aromatic heterocycles. The number of hydrogen-bond donors (Lipinski definition) is 2. The second-order valence-electron chi connectivity index (χ2n) is 8.57. The second kappa shape index (κ2) is 12.2. The van der Waals surface area contributed by atoms with Crippen LogP contribution in [-0.2, 0) is 9.59 Å². The zero-order chi connectivity index (χ0) is 22.8. The average Bonchev–Trinajstić information content (AvgIpc) is 3.07. The lowest BCUT2D eigenvalue weighted by molar-refractivity contribution is -0.127. The number of carbonyl (C=O) groups excluding carboxylic acids is 3. The first-order valence-corrected chi connectivity index (χ1v) is 11.1. The Morgan fingerprint density at radius 1 is 1.23 bits per heavy atom. The molecule has 3 rings (SSSR count). The van der Waals surface area contributed by atoms with Gasteiger partial charge in [-0.3, -0.25) is 19.3 Å². The number of nitrogens with one attached hydrogen (secondary N) is 2. The van der Waals surface area contributed by atoms with Gasteiger partial charge in [0.1, 0.15) is 5.58 Å². The fourth-order valence-corrected chi connectivity index (χ4v) is 3.34. The largest absolute Gasteiger partial charge is 0.451 e. The summed E-state index contributed by atoms with van der Waals surface area (Å²) in [4.78, 5) is 38.8. The number of Topliss-reactive ketones (excluding diaryl/α,β-unsaturated/α-hetero) is 1. The summed E-state index contributed by atoms with van der Waals surface area (Å²) in [6.07, 6.45) is 2.49. The first kappa shape index (κ1) is 24.6. The van der Waals surface area contributed by atoms with E-state index in [1.807, 2.05) is 18.2 Å². The third-order valence-electron chi connectivity index (χ3n) is 4.67. The van der Waals surface area contributed by atoms with Gasteiger partial charge in [0, 0.05) is 5.39 Å². The van der Waals surface area contributed by atoms with E-state index in [1.165, 1.54) is 0 Å². The predicted octanol–water partition coefficient (Wildman–Crippen LogP) is 3.38. The van der Waals surface area contributed by atoms with Gasteiger partial charge in [-0.2, -0.15) is 0 Å². The summed E-state index contributed by atoms with van der Waals surface area (Å²) in [7, 11) is 0. The summed E-state index contributed by atoms with van der Waals surface area (Å²) in [5.41, 5.74) is 0.618. The molecule has 7 heteroatoms. The highest BCUT2D eigenvalue weighted by Crippen LogP contribution is 2.18. The fourth-order valence-electron chi connectivity index (χ4n) is 3.34. The quantitative estimate of drug-likeness (QED) is 0.734. The lowest BCUT2D eigenvalue weighted by atomic mass is 10.1. The van der Waals surface area contributed by atoms with Gasteiger partial charge < -0.3 is 15.1 Å². The molecular formula is C24H35N3O4. The maximum Gasteiger partial charge on any atom is 0.287 e. The van der Waals surface area contributed by atoms with Crippen LogP contribution in [0.2, 0.25) is 0 Å². The fraction of sp³-hybridized carbons (Fsp3) is 0.542. The van der Waals surface area contributed by atoms with E-state index in [2.05, 4.69) is 43.2 Å². The molecule has 2 amide bonds. The molecule has 2 aromatic rings. The molecule has 1 aliphatic heterocycles. The number of fused-ring (bicyclic) bond motifs is 1. The molecule has 1 saturated heterocycles. The van der Waals surface area contributed by atoms with Gasteiger partial charge in [0.15, 0.2) is 11.5 Å². The van der Waals surface area contributed by atoms with E-state index < -0.39 is 11.9 Å². The number of likely N-dealkylation sites (tertiary alicyclic amines) is 1. The monoisotopic (exact) mass is 429 g/mol. The minimum Gasteiger partial charge on any atom is -0.451 e. The molecule has 1 aliphatic rings. The van der Waals surface area contributed by atoms with E-state index >= 15 is 0 Å². The van der Waals surface area contributed by atoms with E-state index in [4.69, 9.17) is 4.42 Å². The molecule has 0 saturated carbocycles. The average molecular weight is 430 g/mol. The van der Waals surface area contributed by atoms with Crippen LogP contribution in [0.1, 0.15) is 57.5 Å². The molecule has 0 bridgehead atoms. The number of ketones is 1. The van der Waals surface area contributed by atoms with Gasteiger partial charge in [0.05, 0.1) is 19.1 Å². The molecule has 1 aromatic carbocycles. The van der Waals surface area contributed by atoms with Crippen molar-refractivity contribution in [3.05, 3.63) is 36.1 Å². The Morgan fingerprint density at radius 2 is 1.94 bits per heavy atom. The Bertz CT molecular complexity index is 839. The van der Waals surface area contributed by atoms with Gasteiger partial charge >= 0.3 is 0 Å². The van der Waals surface area contributed by atoms with Crippen molar-refractivity contribution in [1.29, 1.82) is 0 Å². The van der Waals surface area contributed by atoms with Crippen molar-refractivity contribution in [1.82, 2.24) is 15.5 Å². The van der Waals surface area contributed by atoms with Crippen LogP contribution < -0.4 is 10.6 Å². The maximum absolute atomic E-state index is 12.3. The third kappa shape index (κ3) is 8.17. The SMILES string of the molecule is CC(C)C.CCCN1CCC[C@H](NC(=O)CNC(=O)c2cc3ccccc3o2)C(=O)C1. The van der Waals surface area contributed by atoms with Crippen LogP contribution >= 0.6 is 0 Å².